The van der Waals surface area contributed by atoms with E-state index in [2.05, 4.69) is 20.8 Å². The molecule has 0 bridgehead atoms. The van der Waals surface area contributed by atoms with Crippen molar-refractivity contribution in [1.82, 2.24) is 15.5 Å². The smallest absolute Gasteiger partial charge is 0.224 e. The van der Waals surface area contributed by atoms with Crippen molar-refractivity contribution >= 4 is 24.0 Å². The van der Waals surface area contributed by atoms with Crippen LogP contribution in [0.15, 0.2) is 28.8 Å². The van der Waals surface area contributed by atoms with Crippen LogP contribution in [0.4, 0.5) is 5.69 Å². The number of benzene rings is 1. The highest BCUT2D eigenvalue weighted by Gasteiger charge is 2.16. The van der Waals surface area contributed by atoms with Crippen molar-refractivity contribution in [3.63, 3.8) is 0 Å². The van der Waals surface area contributed by atoms with Gasteiger partial charge in [-0.2, -0.15) is 4.98 Å². The number of nitrogens with one attached hydrogen (secondary N) is 2. The summed E-state index contributed by atoms with van der Waals surface area (Å²) in [6.45, 7) is 3.85. The molecular formula is C16H21ClN4O2. The van der Waals surface area contributed by atoms with Gasteiger partial charge in [0, 0.05) is 24.6 Å². The molecule has 1 amide bonds. The Kier molecular flexibility index (Phi) is 6.12. The predicted molar refractivity (Wildman–Crippen MR) is 90.6 cm³/mol. The van der Waals surface area contributed by atoms with Crippen molar-refractivity contribution < 1.29 is 9.32 Å². The number of amides is 1. The first-order valence-corrected chi connectivity index (χ1v) is 7.62. The first-order chi connectivity index (χ1) is 10.7. The summed E-state index contributed by atoms with van der Waals surface area (Å²) in [5, 5.41) is 10.1. The highest BCUT2D eigenvalue weighted by atomic mass is 35.5. The minimum atomic E-state index is 0. The van der Waals surface area contributed by atoms with Gasteiger partial charge < -0.3 is 15.2 Å². The van der Waals surface area contributed by atoms with E-state index in [-0.39, 0.29) is 18.3 Å². The first-order valence-electron chi connectivity index (χ1n) is 7.62. The molecule has 1 atom stereocenters. The Hall–Kier alpha value is -1.92. The molecule has 0 aliphatic carbocycles. The molecule has 1 aliphatic heterocycles. The van der Waals surface area contributed by atoms with E-state index in [0.29, 0.717) is 24.1 Å². The molecule has 3 rings (SSSR count). The van der Waals surface area contributed by atoms with Crippen molar-refractivity contribution in [3.05, 3.63) is 30.2 Å². The van der Waals surface area contributed by atoms with Gasteiger partial charge in [0.15, 0.2) is 0 Å². The number of hydrogen-bond acceptors (Lipinski definition) is 5. The second-order valence-electron chi connectivity index (χ2n) is 5.66. The molecule has 2 heterocycles. The van der Waals surface area contributed by atoms with Gasteiger partial charge in [-0.15, -0.1) is 12.4 Å². The third-order valence-corrected chi connectivity index (χ3v) is 3.87. The molecular weight excluding hydrogens is 316 g/mol. The molecule has 7 heteroatoms. The summed E-state index contributed by atoms with van der Waals surface area (Å²) < 4.78 is 4.98. The van der Waals surface area contributed by atoms with Crippen LogP contribution in [0.5, 0.6) is 0 Å². The van der Waals surface area contributed by atoms with E-state index in [4.69, 9.17) is 4.52 Å². The molecule has 0 spiro atoms. The van der Waals surface area contributed by atoms with E-state index in [9.17, 15) is 4.79 Å². The minimum Gasteiger partial charge on any atom is -0.339 e. The Morgan fingerprint density at radius 1 is 1.48 bits per heavy atom. The summed E-state index contributed by atoms with van der Waals surface area (Å²) >= 11 is 0. The fourth-order valence-corrected chi connectivity index (χ4v) is 2.67. The number of nitrogens with zero attached hydrogens (tertiary/aromatic N) is 2. The van der Waals surface area contributed by atoms with Crippen LogP contribution in [-0.2, 0) is 4.79 Å². The number of anilines is 1. The third-order valence-electron chi connectivity index (χ3n) is 3.87. The van der Waals surface area contributed by atoms with Crippen LogP contribution in [-0.4, -0.2) is 29.1 Å². The Labute approximate surface area is 141 Å². The molecule has 1 saturated heterocycles. The van der Waals surface area contributed by atoms with E-state index in [1.54, 1.807) is 6.92 Å². The Bertz CT molecular complexity index is 653. The van der Waals surface area contributed by atoms with E-state index in [1.165, 1.54) is 6.42 Å². The van der Waals surface area contributed by atoms with Gasteiger partial charge in [0.25, 0.3) is 0 Å². The molecule has 124 valence electrons. The van der Waals surface area contributed by atoms with Crippen molar-refractivity contribution in [2.45, 2.75) is 26.2 Å². The third kappa shape index (κ3) is 4.77. The first kappa shape index (κ1) is 17.4. The summed E-state index contributed by atoms with van der Waals surface area (Å²) in [6, 6.07) is 7.49. The quantitative estimate of drug-likeness (QED) is 0.877. The second kappa shape index (κ2) is 8.08. The number of aromatic nitrogens is 2. The van der Waals surface area contributed by atoms with E-state index in [1.807, 2.05) is 24.3 Å². The SMILES string of the molecule is Cc1nc(-c2cccc(NC(=O)CCC3CCNC3)c2)no1.Cl. The molecule has 0 saturated carbocycles. The molecule has 2 aromatic rings. The van der Waals surface area contributed by atoms with Gasteiger partial charge in [0.2, 0.25) is 17.6 Å². The van der Waals surface area contributed by atoms with Crippen molar-refractivity contribution in [3.8, 4) is 11.4 Å². The maximum atomic E-state index is 12.0. The summed E-state index contributed by atoms with van der Waals surface area (Å²) in [7, 11) is 0. The molecule has 1 fully saturated rings. The van der Waals surface area contributed by atoms with Crippen molar-refractivity contribution in [2.24, 2.45) is 5.92 Å². The lowest BCUT2D eigenvalue weighted by molar-refractivity contribution is -0.116. The zero-order valence-corrected chi connectivity index (χ0v) is 13.9. The molecule has 1 aliphatic rings. The van der Waals surface area contributed by atoms with Gasteiger partial charge in [-0.05, 0) is 44.0 Å². The number of rotatable bonds is 5. The molecule has 1 aromatic carbocycles. The van der Waals surface area contributed by atoms with Gasteiger partial charge >= 0.3 is 0 Å². The minimum absolute atomic E-state index is 0. The van der Waals surface area contributed by atoms with Crippen LogP contribution in [0.25, 0.3) is 11.4 Å². The van der Waals surface area contributed by atoms with E-state index >= 15 is 0 Å². The lowest BCUT2D eigenvalue weighted by atomic mass is 10.0. The van der Waals surface area contributed by atoms with Gasteiger partial charge in [-0.25, -0.2) is 0 Å². The lowest BCUT2D eigenvalue weighted by Crippen LogP contribution is -2.15. The van der Waals surface area contributed by atoms with E-state index < -0.39 is 0 Å². The summed E-state index contributed by atoms with van der Waals surface area (Å²) in [6.07, 6.45) is 2.65. The fourth-order valence-electron chi connectivity index (χ4n) is 2.67. The van der Waals surface area contributed by atoms with Crippen LogP contribution in [0.1, 0.15) is 25.2 Å². The molecule has 6 nitrogen and oxygen atoms in total. The van der Waals surface area contributed by atoms with Gasteiger partial charge in [-0.1, -0.05) is 17.3 Å². The van der Waals surface area contributed by atoms with Gasteiger partial charge in [0.1, 0.15) is 0 Å². The monoisotopic (exact) mass is 336 g/mol. The maximum Gasteiger partial charge on any atom is 0.224 e. The zero-order chi connectivity index (χ0) is 15.4. The fraction of sp³-hybridized carbons (Fsp3) is 0.438. The van der Waals surface area contributed by atoms with Crippen LogP contribution < -0.4 is 10.6 Å². The van der Waals surface area contributed by atoms with Crippen LogP contribution in [0.2, 0.25) is 0 Å². The number of carbonyl (C=O) groups is 1. The number of halogens is 1. The number of hydrogen-bond donors (Lipinski definition) is 2. The number of aryl methyl sites for hydroxylation is 1. The maximum absolute atomic E-state index is 12.0. The van der Waals surface area contributed by atoms with Crippen molar-refractivity contribution in [1.29, 1.82) is 0 Å². The Morgan fingerprint density at radius 2 is 2.35 bits per heavy atom. The summed E-state index contributed by atoms with van der Waals surface area (Å²) in [5.41, 5.74) is 1.59. The van der Waals surface area contributed by atoms with Crippen molar-refractivity contribution in [2.75, 3.05) is 18.4 Å². The normalized spacial score (nSPS) is 16.8. The van der Waals surface area contributed by atoms with Crippen LogP contribution in [0.3, 0.4) is 0 Å². The Balaban J connectivity index is 0.00000192. The van der Waals surface area contributed by atoms with Crippen LogP contribution in [0, 0.1) is 12.8 Å². The largest absolute Gasteiger partial charge is 0.339 e. The summed E-state index contributed by atoms with van der Waals surface area (Å²) in [5.74, 6) is 1.73. The molecule has 23 heavy (non-hydrogen) atoms. The van der Waals surface area contributed by atoms with Crippen LogP contribution >= 0.6 is 12.4 Å². The standard InChI is InChI=1S/C16H20N4O2.ClH/c1-11-18-16(20-22-11)13-3-2-4-14(9-13)19-15(21)6-5-12-7-8-17-10-12;/h2-4,9,12,17H,5-8,10H2,1H3,(H,19,21);1H. The molecule has 0 radical (unpaired) electrons. The average Bonchev–Trinajstić information content (AvgIpc) is 3.17. The number of carbonyl (C=O) groups excluding carboxylic acids is 1. The molecule has 1 aromatic heterocycles. The topological polar surface area (TPSA) is 80.0 Å². The average molecular weight is 337 g/mol. The van der Waals surface area contributed by atoms with Gasteiger partial charge in [-0.3, -0.25) is 4.79 Å². The van der Waals surface area contributed by atoms with Gasteiger partial charge in [0.05, 0.1) is 0 Å². The molecule has 2 N–H and O–H groups in total. The molecule has 1 unspecified atom stereocenters. The highest BCUT2D eigenvalue weighted by molar-refractivity contribution is 5.91. The second-order valence-corrected chi connectivity index (χ2v) is 5.66. The summed E-state index contributed by atoms with van der Waals surface area (Å²) in [4.78, 5) is 16.2. The van der Waals surface area contributed by atoms with E-state index in [0.717, 1.165) is 30.8 Å². The highest BCUT2D eigenvalue weighted by Crippen LogP contribution is 2.21. The lowest BCUT2D eigenvalue weighted by Gasteiger charge is -2.09. The Morgan fingerprint density at radius 3 is 3.04 bits per heavy atom. The zero-order valence-electron chi connectivity index (χ0n) is 13.0. The predicted octanol–water partition coefficient (Wildman–Crippen LogP) is 2.80.